The maximum absolute atomic E-state index is 5.88. The van der Waals surface area contributed by atoms with E-state index in [1.54, 1.807) is 0 Å². The monoisotopic (exact) mass is 164 g/mol. The zero-order valence-electron chi connectivity index (χ0n) is 7.29. The molecule has 2 nitrogen and oxygen atoms in total. The number of nitrogens with one attached hydrogen (secondary N) is 1. The fourth-order valence-electron chi connectivity index (χ4n) is 1.92. The summed E-state index contributed by atoms with van der Waals surface area (Å²) in [7, 11) is 0. The Labute approximate surface area is 73.5 Å². The van der Waals surface area contributed by atoms with Crippen molar-refractivity contribution in [2.24, 2.45) is 11.7 Å². The molecule has 0 aromatic rings. The fraction of sp³-hybridized carbons (Fsp3) is 0.600. The molecule has 1 aliphatic heterocycles. The molecule has 2 rings (SSSR count). The van der Waals surface area contributed by atoms with Crippen LogP contribution in [0.25, 0.3) is 0 Å². The fourth-order valence-corrected chi connectivity index (χ4v) is 1.92. The molecule has 0 bridgehead atoms. The topological polar surface area (TPSA) is 38.0 Å². The molecule has 1 saturated heterocycles. The summed E-state index contributed by atoms with van der Waals surface area (Å²) >= 11 is 0. The van der Waals surface area contributed by atoms with Gasteiger partial charge >= 0.3 is 0 Å². The summed E-state index contributed by atoms with van der Waals surface area (Å²) in [5.41, 5.74) is 7.27. The van der Waals surface area contributed by atoms with E-state index in [0.29, 0.717) is 12.0 Å². The van der Waals surface area contributed by atoms with Crippen molar-refractivity contribution >= 4 is 0 Å². The lowest BCUT2D eigenvalue weighted by atomic mass is 9.92. The normalized spacial score (nSPS) is 34.6. The van der Waals surface area contributed by atoms with Gasteiger partial charge in [0.2, 0.25) is 0 Å². The molecular formula is C10H16N2. The molecule has 3 N–H and O–H groups in total. The minimum atomic E-state index is 0.344. The summed E-state index contributed by atoms with van der Waals surface area (Å²) in [6, 6.07) is 0.344. The van der Waals surface area contributed by atoms with E-state index in [-0.39, 0.29) is 0 Å². The van der Waals surface area contributed by atoms with E-state index in [9.17, 15) is 0 Å². The van der Waals surface area contributed by atoms with Crippen molar-refractivity contribution in [2.45, 2.75) is 25.3 Å². The Bertz CT molecular complexity index is 218. The molecule has 1 heterocycles. The van der Waals surface area contributed by atoms with Gasteiger partial charge in [0.1, 0.15) is 0 Å². The van der Waals surface area contributed by atoms with Gasteiger partial charge in [0, 0.05) is 24.2 Å². The van der Waals surface area contributed by atoms with E-state index >= 15 is 0 Å². The van der Waals surface area contributed by atoms with Crippen molar-refractivity contribution in [3.8, 4) is 0 Å². The van der Waals surface area contributed by atoms with E-state index in [4.69, 9.17) is 5.73 Å². The minimum Gasteiger partial charge on any atom is -0.387 e. The van der Waals surface area contributed by atoms with Crippen LogP contribution in [0.1, 0.15) is 19.3 Å². The van der Waals surface area contributed by atoms with Crippen LogP contribution in [0, 0.1) is 5.92 Å². The molecule has 2 aliphatic rings. The van der Waals surface area contributed by atoms with Gasteiger partial charge in [-0.15, -0.1) is 0 Å². The van der Waals surface area contributed by atoms with Crippen LogP contribution < -0.4 is 11.1 Å². The average Bonchev–Trinajstić information content (AvgIpc) is 2.29. The second-order valence-electron chi connectivity index (χ2n) is 3.70. The quantitative estimate of drug-likeness (QED) is 0.564. The summed E-state index contributed by atoms with van der Waals surface area (Å²) in [4.78, 5) is 0. The first-order valence-electron chi connectivity index (χ1n) is 4.72. The summed E-state index contributed by atoms with van der Waals surface area (Å²) in [5, 5.41) is 3.42. The first kappa shape index (κ1) is 7.87. The average molecular weight is 164 g/mol. The third-order valence-corrected chi connectivity index (χ3v) is 2.73. The Balaban J connectivity index is 2.09. The summed E-state index contributed by atoms with van der Waals surface area (Å²) in [6.45, 7) is 0.941. The molecule has 1 aliphatic carbocycles. The molecule has 0 amide bonds. The van der Waals surface area contributed by atoms with E-state index in [1.165, 1.54) is 18.5 Å². The lowest BCUT2D eigenvalue weighted by Gasteiger charge is -2.18. The second kappa shape index (κ2) is 3.31. The maximum Gasteiger partial charge on any atom is 0.0296 e. The Morgan fingerprint density at radius 1 is 1.42 bits per heavy atom. The Hall–Kier alpha value is -0.760. The smallest absolute Gasteiger partial charge is 0.0296 e. The molecular weight excluding hydrogens is 148 g/mol. The lowest BCUT2D eigenvalue weighted by Crippen LogP contribution is -2.31. The van der Waals surface area contributed by atoms with Crippen molar-refractivity contribution in [3.05, 3.63) is 23.9 Å². The van der Waals surface area contributed by atoms with E-state index in [0.717, 1.165) is 13.0 Å². The van der Waals surface area contributed by atoms with Gasteiger partial charge in [-0.05, 0) is 25.3 Å². The molecule has 0 spiro atoms. The lowest BCUT2D eigenvalue weighted by molar-refractivity contribution is 0.527. The van der Waals surface area contributed by atoms with Crippen LogP contribution in [-0.4, -0.2) is 12.6 Å². The number of hydrogen-bond donors (Lipinski definition) is 2. The number of allylic oxidation sites excluding steroid dienone is 4. The molecule has 2 atom stereocenters. The molecule has 0 radical (unpaired) electrons. The Kier molecular flexibility index (Phi) is 2.17. The standard InChI is InChI=1S/C10H16N2/c11-9-6-5-8-3-1-2-4-10(8)12-7-9/h1-2,4,8-9,12H,3,5-7,11H2. The van der Waals surface area contributed by atoms with Gasteiger partial charge in [-0.25, -0.2) is 0 Å². The highest BCUT2D eigenvalue weighted by atomic mass is 14.9. The van der Waals surface area contributed by atoms with Crippen LogP contribution in [0.2, 0.25) is 0 Å². The molecule has 1 fully saturated rings. The number of rotatable bonds is 0. The highest BCUT2D eigenvalue weighted by Gasteiger charge is 2.20. The zero-order valence-corrected chi connectivity index (χ0v) is 7.29. The van der Waals surface area contributed by atoms with Gasteiger partial charge in [0.15, 0.2) is 0 Å². The van der Waals surface area contributed by atoms with Crippen molar-refractivity contribution in [3.63, 3.8) is 0 Å². The molecule has 0 aromatic heterocycles. The number of fused-ring (bicyclic) bond motifs is 1. The van der Waals surface area contributed by atoms with Crippen LogP contribution in [0.15, 0.2) is 23.9 Å². The van der Waals surface area contributed by atoms with Crippen LogP contribution in [0.3, 0.4) is 0 Å². The Morgan fingerprint density at radius 2 is 2.33 bits per heavy atom. The van der Waals surface area contributed by atoms with Gasteiger partial charge in [-0.2, -0.15) is 0 Å². The first-order chi connectivity index (χ1) is 5.86. The second-order valence-corrected chi connectivity index (χ2v) is 3.70. The molecule has 2 unspecified atom stereocenters. The zero-order chi connectivity index (χ0) is 8.39. The van der Waals surface area contributed by atoms with Gasteiger partial charge in [-0.3, -0.25) is 0 Å². The van der Waals surface area contributed by atoms with Crippen LogP contribution in [0.5, 0.6) is 0 Å². The summed E-state index contributed by atoms with van der Waals surface area (Å²) < 4.78 is 0. The van der Waals surface area contributed by atoms with Gasteiger partial charge in [0.25, 0.3) is 0 Å². The molecule has 66 valence electrons. The summed E-state index contributed by atoms with van der Waals surface area (Å²) in [6.07, 6.45) is 10.1. The van der Waals surface area contributed by atoms with Gasteiger partial charge in [0.05, 0.1) is 0 Å². The van der Waals surface area contributed by atoms with Crippen molar-refractivity contribution in [2.75, 3.05) is 6.54 Å². The number of nitrogens with two attached hydrogens (primary N) is 1. The number of hydrogen-bond acceptors (Lipinski definition) is 2. The largest absolute Gasteiger partial charge is 0.387 e. The predicted molar refractivity (Wildman–Crippen MR) is 50.5 cm³/mol. The van der Waals surface area contributed by atoms with E-state index in [1.807, 2.05) is 0 Å². The molecule has 12 heavy (non-hydrogen) atoms. The van der Waals surface area contributed by atoms with Crippen molar-refractivity contribution in [1.82, 2.24) is 5.32 Å². The molecule has 0 aromatic carbocycles. The SMILES string of the molecule is NC1CCC2CC=CC=C2NC1. The Morgan fingerprint density at radius 3 is 3.25 bits per heavy atom. The third-order valence-electron chi connectivity index (χ3n) is 2.73. The van der Waals surface area contributed by atoms with Gasteiger partial charge in [-0.1, -0.05) is 12.2 Å². The summed E-state index contributed by atoms with van der Waals surface area (Å²) in [5.74, 6) is 0.712. The molecule has 0 saturated carbocycles. The van der Waals surface area contributed by atoms with E-state index < -0.39 is 0 Å². The predicted octanol–water partition coefficient (Wildman–Crippen LogP) is 1.16. The van der Waals surface area contributed by atoms with E-state index in [2.05, 4.69) is 23.5 Å². The van der Waals surface area contributed by atoms with Crippen LogP contribution in [0.4, 0.5) is 0 Å². The van der Waals surface area contributed by atoms with Crippen LogP contribution in [-0.2, 0) is 0 Å². The van der Waals surface area contributed by atoms with Crippen LogP contribution >= 0.6 is 0 Å². The highest BCUT2D eigenvalue weighted by Crippen LogP contribution is 2.25. The van der Waals surface area contributed by atoms with Crippen molar-refractivity contribution in [1.29, 1.82) is 0 Å². The first-order valence-corrected chi connectivity index (χ1v) is 4.72. The van der Waals surface area contributed by atoms with Crippen molar-refractivity contribution < 1.29 is 0 Å². The minimum absolute atomic E-state index is 0.344. The highest BCUT2D eigenvalue weighted by molar-refractivity contribution is 5.20. The third kappa shape index (κ3) is 1.53. The molecule has 2 heteroatoms. The maximum atomic E-state index is 5.88. The van der Waals surface area contributed by atoms with Gasteiger partial charge < -0.3 is 11.1 Å².